The van der Waals surface area contributed by atoms with Gasteiger partial charge in [0.25, 0.3) is 0 Å². The van der Waals surface area contributed by atoms with E-state index in [-0.39, 0.29) is 5.76 Å². The lowest BCUT2D eigenvalue weighted by Gasteiger charge is -2.00. The van der Waals surface area contributed by atoms with E-state index in [4.69, 9.17) is 14.3 Å². The summed E-state index contributed by atoms with van der Waals surface area (Å²) >= 11 is 0. The lowest BCUT2D eigenvalue weighted by atomic mass is 10.1. The van der Waals surface area contributed by atoms with Gasteiger partial charge in [0.2, 0.25) is 5.76 Å². The quantitative estimate of drug-likeness (QED) is 0.819. The van der Waals surface area contributed by atoms with Crippen LogP contribution in [0.3, 0.4) is 0 Å². The number of hydrogen-bond donors (Lipinski definition) is 1. The minimum absolute atomic E-state index is 0.0329. The van der Waals surface area contributed by atoms with E-state index in [2.05, 4.69) is 0 Å². The zero-order chi connectivity index (χ0) is 11.0. The highest BCUT2D eigenvalue weighted by Crippen LogP contribution is 2.32. The monoisotopic (exact) mass is 206 g/mol. The molecular weight excluding hydrogens is 196 g/mol. The van der Waals surface area contributed by atoms with E-state index >= 15 is 0 Å². The fraction of sp³-hybridized carbons (Fsp3) is 0.182. The number of carboxylic acids is 1. The number of furan rings is 1. The van der Waals surface area contributed by atoms with Crippen LogP contribution in [-0.4, -0.2) is 18.2 Å². The Labute approximate surface area is 86.1 Å². The number of carbonyl (C=O) groups is 1. The number of aryl methyl sites for hydroxylation is 1. The molecule has 0 fully saturated rings. The van der Waals surface area contributed by atoms with Gasteiger partial charge in [-0.2, -0.15) is 0 Å². The number of rotatable bonds is 2. The smallest absolute Gasteiger partial charge is 0.372 e. The van der Waals surface area contributed by atoms with Gasteiger partial charge in [0.15, 0.2) is 0 Å². The lowest BCUT2D eigenvalue weighted by molar-refractivity contribution is 0.0664. The number of carboxylic acid groups (broad SMARTS) is 1. The van der Waals surface area contributed by atoms with Crippen LogP contribution >= 0.6 is 0 Å². The van der Waals surface area contributed by atoms with Crippen molar-refractivity contribution in [3.8, 4) is 5.75 Å². The van der Waals surface area contributed by atoms with Crippen LogP contribution in [0.15, 0.2) is 22.6 Å². The Morgan fingerprint density at radius 3 is 2.80 bits per heavy atom. The molecule has 0 saturated carbocycles. The van der Waals surface area contributed by atoms with Gasteiger partial charge >= 0.3 is 5.97 Å². The third kappa shape index (κ3) is 1.34. The number of hydrogen-bond acceptors (Lipinski definition) is 3. The summed E-state index contributed by atoms with van der Waals surface area (Å²) in [6, 6.07) is 5.25. The van der Waals surface area contributed by atoms with E-state index < -0.39 is 5.97 Å². The number of ether oxygens (including phenoxy) is 1. The van der Waals surface area contributed by atoms with Crippen molar-refractivity contribution in [3.63, 3.8) is 0 Å². The number of methoxy groups -OCH3 is 1. The molecule has 78 valence electrons. The molecule has 0 aliphatic rings. The van der Waals surface area contributed by atoms with Gasteiger partial charge in [0.1, 0.15) is 11.3 Å². The van der Waals surface area contributed by atoms with Crippen molar-refractivity contribution in [3.05, 3.63) is 29.5 Å². The Bertz CT molecular complexity index is 525. The molecule has 0 aliphatic carbocycles. The largest absolute Gasteiger partial charge is 0.496 e. The molecule has 4 nitrogen and oxygen atoms in total. The topological polar surface area (TPSA) is 59.7 Å². The molecule has 0 unspecified atom stereocenters. The van der Waals surface area contributed by atoms with Crippen LogP contribution in [0.4, 0.5) is 0 Å². The normalized spacial score (nSPS) is 10.5. The van der Waals surface area contributed by atoms with Gasteiger partial charge in [-0.3, -0.25) is 0 Å². The summed E-state index contributed by atoms with van der Waals surface area (Å²) in [4.78, 5) is 10.9. The maximum Gasteiger partial charge on any atom is 0.372 e. The highest BCUT2D eigenvalue weighted by atomic mass is 16.5. The van der Waals surface area contributed by atoms with Crippen LogP contribution in [0, 0.1) is 6.92 Å². The van der Waals surface area contributed by atoms with Crippen LogP contribution in [0.2, 0.25) is 0 Å². The van der Waals surface area contributed by atoms with Crippen molar-refractivity contribution >= 4 is 16.9 Å². The van der Waals surface area contributed by atoms with Crippen molar-refractivity contribution in [2.24, 2.45) is 0 Å². The molecule has 1 aromatic heterocycles. The number of benzene rings is 1. The molecule has 2 aromatic rings. The highest BCUT2D eigenvalue weighted by Gasteiger charge is 2.18. The molecule has 1 N–H and O–H groups in total. The summed E-state index contributed by atoms with van der Waals surface area (Å²) in [6.45, 7) is 1.71. The summed E-state index contributed by atoms with van der Waals surface area (Å²) in [5.74, 6) is -0.471. The molecule has 2 rings (SSSR count). The molecule has 0 bridgehead atoms. The first-order chi connectivity index (χ1) is 7.15. The maximum atomic E-state index is 10.9. The van der Waals surface area contributed by atoms with Crippen LogP contribution in [0.25, 0.3) is 11.0 Å². The van der Waals surface area contributed by atoms with Gasteiger partial charge in [-0.15, -0.1) is 0 Å². The second-order valence-corrected chi connectivity index (χ2v) is 3.19. The van der Waals surface area contributed by atoms with E-state index in [0.717, 1.165) is 5.39 Å². The van der Waals surface area contributed by atoms with E-state index in [0.29, 0.717) is 16.9 Å². The third-order valence-corrected chi connectivity index (χ3v) is 2.33. The summed E-state index contributed by atoms with van der Waals surface area (Å²) in [5, 5.41) is 9.62. The van der Waals surface area contributed by atoms with Crippen LogP contribution in [-0.2, 0) is 0 Å². The Morgan fingerprint density at radius 1 is 1.47 bits per heavy atom. The average molecular weight is 206 g/mol. The SMILES string of the molecule is COc1cccc2oc(C(=O)O)c(C)c12. The molecule has 1 aromatic carbocycles. The van der Waals surface area contributed by atoms with Gasteiger partial charge in [-0.1, -0.05) is 6.07 Å². The third-order valence-electron chi connectivity index (χ3n) is 2.33. The fourth-order valence-corrected chi connectivity index (χ4v) is 1.64. The van der Waals surface area contributed by atoms with Crippen molar-refractivity contribution in [1.82, 2.24) is 0 Å². The zero-order valence-electron chi connectivity index (χ0n) is 8.40. The second-order valence-electron chi connectivity index (χ2n) is 3.19. The Balaban J connectivity index is 2.82. The number of fused-ring (bicyclic) bond motifs is 1. The van der Waals surface area contributed by atoms with Crippen LogP contribution in [0.5, 0.6) is 5.75 Å². The lowest BCUT2D eigenvalue weighted by Crippen LogP contribution is -1.95. The first-order valence-electron chi connectivity index (χ1n) is 4.44. The molecular formula is C11H10O4. The van der Waals surface area contributed by atoms with Gasteiger partial charge in [0.05, 0.1) is 12.5 Å². The predicted molar refractivity (Wildman–Crippen MR) is 54.5 cm³/mol. The minimum Gasteiger partial charge on any atom is -0.496 e. The van der Waals surface area contributed by atoms with Crippen LogP contribution < -0.4 is 4.74 Å². The van der Waals surface area contributed by atoms with Crippen molar-refractivity contribution in [2.45, 2.75) is 6.92 Å². The Hall–Kier alpha value is -1.97. The molecule has 0 saturated heterocycles. The van der Waals surface area contributed by atoms with Gasteiger partial charge < -0.3 is 14.3 Å². The van der Waals surface area contributed by atoms with E-state index in [1.54, 1.807) is 32.2 Å². The van der Waals surface area contributed by atoms with Gasteiger partial charge in [-0.05, 0) is 19.1 Å². The fourth-order valence-electron chi connectivity index (χ4n) is 1.64. The van der Waals surface area contributed by atoms with Gasteiger partial charge in [0, 0.05) is 5.56 Å². The molecule has 0 spiro atoms. The number of aromatic carboxylic acids is 1. The first kappa shape index (κ1) is 9.58. The second kappa shape index (κ2) is 3.31. The first-order valence-corrected chi connectivity index (χ1v) is 4.44. The standard InChI is InChI=1S/C11H10O4/c1-6-9-7(14-2)4-3-5-8(9)15-10(6)11(12)13/h3-5H,1-2H3,(H,12,13). The molecule has 0 atom stereocenters. The summed E-state index contributed by atoms with van der Waals surface area (Å²) in [6.07, 6.45) is 0. The molecule has 4 heteroatoms. The van der Waals surface area contributed by atoms with Gasteiger partial charge in [-0.25, -0.2) is 4.79 Å². The molecule has 15 heavy (non-hydrogen) atoms. The van der Waals surface area contributed by atoms with E-state index in [1.165, 1.54) is 0 Å². The molecule has 1 heterocycles. The average Bonchev–Trinajstić information content (AvgIpc) is 2.56. The van der Waals surface area contributed by atoms with E-state index in [9.17, 15) is 4.79 Å². The van der Waals surface area contributed by atoms with Crippen molar-refractivity contribution in [1.29, 1.82) is 0 Å². The zero-order valence-corrected chi connectivity index (χ0v) is 8.40. The molecule has 0 aliphatic heterocycles. The Morgan fingerprint density at radius 2 is 2.20 bits per heavy atom. The highest BCUT2D eigenvalue weighted by molar-refractivity contribution is 5.97. The summed E-state index contributed by atoms with van der Waals surface area (Å²) in [5.41, 5.74) is 1.12. The maximum absolute atomic E-state index is 10.9. The van der Waals surface area contributed by atoms with Crippen LogP contribution in [0.1, 0.15) is 16.1 Å². The van der Waals surface area contributed by atoms with Crippen molar-refractivity contribution in [2.75, 3.05) is 7.11 Å². The summed E-state index contributed by atoms with van der Waals surface area (Å²) < 4.78 is 10.4. The molecule has 0 radical (unpaired) electrons. The predicted octanol–water partition coefficient (Wildman–Crippen LogP) is 2.45. The minimum atomic E-state index is -1.06. The van der Waals surface area contributed by atoms with Crippen molar-refractivity contribution < 1.29 is 19.1 Å². The van der Waals surface area contributed by atoms with E-state index in [1.807, 2.05) is 0 Å². The molecule has 0 amide bonds. The Kier molecular flexibility index (Phi) is 2.11. The summed E-state index contributed by atoms with van der Waals surface area (Å²) in [7, 11) is 1.54.